The Morgan fingerprint density at radius 3 is 2.75 bits per heavy atom. The number of aryl methyl sites for hydroxylation is 1. The van der Waals surface area contributed by atoms with Crippen LogP contribution in [0.2, 0.25) is 4.34 Å². The van der Waals surface area contributed by atoms with Gasteiger partial charge < -0.3 is 9.73 Å². The number of furan rings is 1. The van der Waals surface area contributed by atoms with Crippen molar-refractivity contribution in [3.05, 3.63) is 45.0 Å². The molecule has 0 spiro atoms. The minimum Gasteiger partial charge on any atom is -0.467 e. The van der Waals surface area contributed by atoms with E-state index in [4.69, 9.17) is 16.0 Å². The molecular weight excluding hydrogens is 242 g/mol. The Morgan fingerprint density at radius 1 is 1.44 bits per heavy atom. The normalized spacial score (nSPS) is 12.9. The first-order valence-corrected chi connectivity index (χ1v) is 6.35. The summed E-state index contributed by atoms with van der Waals surface area (Å²) >= 11 is 7.54. The number of hydrogen-bond donors (Lipinski definition) is 1. The maximum Gasteiger partial charge on any atom is 0.123 e. The first-order chi connectivity index (χ1) is 7.70. The van der Waals surface area contributed by atoms with E-state index in [1.807, 2.05) is 19.2 Å². The molecule has 2 heterocycles. The fourth-order valence-electron chi connectivity index (χ4n) is 1.73. The molecule has 2 rings (SSSR count). The van der Waals surface area contributed by atoms with Crippen molar-refractivity contribution in [3.63, 3.8) is 0 Å². The van der Waals surface area contributed by atoms with Gasteiger partial charge in [0.1, 0.15) is 5.76 Å². The van der Waals surface area contributed by atoms with E-state index in [2.05, 4.69) is 18.3 Å². The Balaban J connectivity index is 2.15. The number of halogens is 1. The lowest BCUT2D eigenvalue weighted by atomic mass is 10.1. The molecule has 0 bridgehead atoms. The lowest BCUT2D eigenvalue weighted by molar-refractivity contribution is 0.428. The molecule has 0 aromatic carbocycles. The molecule has 0 amide bonds. The Morgan fingerprint density at radius 2 is 2.25 bits per heavy atom. The summed E-state index contributed by atoms with van der Waals surface area (Å²) in [5.74, 6) is 1.01. The molecule has 1 atom stereocenters. The van der Waals surface area contributed by atoms with Crippen molar-refractivity contribution in [3.8, 4) is 0 Å². The summed E-state index contributed by atoms with van der Waals surface area (Å²) in [4.78, 5) is 1.26. The first kappa shape index (κ1) is 11.7. The predicted octanol–water partition coefficient (Wildman–Crippen LogP) is 3.81. The van der Waals surface area contributed by atoms with E-state index < -0.39 is 0 Å². The molecule has 2 aromatic rings. The lowest BCUT2D eigenvalue weighted by Crippen LogP contribution is -2.18. The molecule has 0 saturated heterocycles. The van der Waals surface area contributed by atoms with Crippen LogP contribution in [0.1, 0.15) is 22.2 Å². The van der Waals surface area contributed by atoms with Crippen LogP contribution in [0.3, 0.4) is 0 Å². The van der Waals surface area contributed by atoms with Gasteiger partial charge in [-0.2, -0.15) is 0 Å². The molecule has 0 aliphatic carbocycles. The van der Waals surface area contributed by atoms with Crippen molar-refractivity contribution in [1.29, 1.82) is 0 Å². The molecule has 86 valence electrons. The summed E-state index contributed by atoms with van der Waals surface area (Å²) in [5, 5.41) is 3.27. The smallest absolute Gasteiger partial charge is 0.123 e. The average molecular weight is 256 g/mol. The largest absolute Gasteiger partial charge is 0.467 e. The monoisotopic (exact) mass is 255 g/mol. The minimum atomic E-state index is 0.213. The Labute approximate surface area is 104 Å². The molecule has 1 unspecified atom stereocenters. The summed E-state index contributed by atoms with van der Waals surface area (Å²) in [6.07, 6.45) is 2.64. The van der Waals surface area contributed by atoms with E-state index >= 15 is 0 Å². The predicted molar refractivity (Wildman–Crippen MR) is 68.3 cm³/mol. The molecule has 4 heteroatoms. The van der Waals surface area contributed by atoms with Gasteiger partial charge in [0, 0.05) is 11.3 Å². The molecule has 0 aliphatic heterocycles. The topological polar surface area (TPSA) is 25.2 Å². The zero-order valence-corrected chi connectivity index (χ0v) is 10.9. The zero-order valence-electron chi connectivity index (χ0n) is 9.29. The second-order valence-electron chi connectivity index (χ2n) is 3.72. The Bertz CT molecular complexity index is 463. The summed E-state index contributed by atoms with van der Waals surface area (Å²) in [7, 11) is 1.95. The van der Waals surface area contributed by atoms with E-state index in [0.29, 0.717) is 0 Å². The fraction of sp³-hybridized carbons (Fsp3) is 0.333. The molecule has 16 heavy (non-hydrogen) atoms. The van der Waals surface area contributed by atoms with Crippen molar-refractivity contribution in [2.75, 3.05) is 7.05 Å². The molecule has 2 nitrogen and oxygen atoms in total. The van der Waals surface area contributed by atoms with Crippen molar-refractivity contribution >= 4 is 22.9 Å². The number of nitrogens with one attached hydrogen (secondary N) is 1. The highest BCUT2D eigenvalue weighted by molar-refractivity contribution is 7.16. The number of rotatable bonds is 4. The molecule has 0 radical (unpaired) electrons. The van der Waals surface area contributed by atoms with Crippen molar-refractivity contribution in [1.82, 2.24) is 5.32 Å². The number of thiophene rings is 1. The second kappa shape index (κ2) is 5.04. The Kier molecular flexibility index (Phi) is 3.69. The third-order valence-electron chi connectivity index (χ3n) is 2.60. The summed E-state index contributed by atoms with van der Waals surface area (Å²) in [5.41, 5.74) is 1.18. The SMILES string of the molecule is CNC(Cc1ccc(Cl)s1)c1occc1C. The van der Waals surface area contributed by atoms with Gasteiger partial charge in [-0.05, 0) is 37.7 Å². The third kappa shape index (κ3) is 2.48. The minimum absolute atomic E-state index is 0.213. The molecule has 0 saturated carbocycles. The fourth-order valence-corrected chi connectivity index (χ4v) is 2.86. The second-order valence-corrected chi connectivity index (χ2v) is 5.52. The average Bonchev–Trinajstić information content (AvgIpc) is 2.84. The highest BCUT2D eigenvalue weighted by Gasteiger charge is 2.16. The van der Waals surface area contributed by atoms with Gasteiger partial charge in [0.15, 0.2) is 0 Å². The van der Waals surface area contributed by atoms with Gasteiger partial charge in [0.25, 0.3) is 0 Å². The summed E-state index contributed by atoms with van der Waals surface area (Å²) in [6.45, 7) is 2.06. The van der Waals surface area contributed by atoms with Crippen LogP contribution in [-0.2, 0) is 6.42 Å². The Hall–Kier alpha value is -0.770. The van der Waals surface area contributed by atoms with E-state index in [1.54, 1.807) is 17.6 Å². The van der Waals surface area contributed by atoms with Crippen LogP contribution in [0.15, 0.2) is 28.9 Å². The van der Waals surface area contributed by atoms with Crippen LogP contribution in [0.5, 0.6) is 0 Å². The summed E-state index contributed by atoms with van der Waals surface area (Å²) < 4.78 is 6.34. The van der Waals surface area contributed by atoms with E-state index in [0.717, 1.165) is 16.5 Å². The van der Waals surface area contributed by atoms with E-state index in [-0.39, 0.29) is 6.04 Å². The van der Waals surface area contributed by atoms with Gasteiger partial charge in [-0.3, -0.25) is 0 Å². The van der Waals surface area contributed by atoms with Crippen molar-refractivity contribution in [2.45, 2.75) is 19.4 Å². The van der Waals surface area contributed by atoms with Crippen molar-refractivity contribution in [2.24, 2.45) is 0 Å². The quantitative estimate of drug-likeness (QED) is 0.899. The third-order valence-corrected chi connectivity index (χ3v) is 3.85. The lowest BCUT2D eigenvalue weighted by Gasteiger charge is -2.13. The van der Waals surface area contributed by atoms with Crippen LogP contribution in [-0.4, -0.2) is 7.05 Å². The maximum atomic E-state index is 5.92. The van der Waals surface area contributed by atoms with Gasteiger partial charge in [0.2, 0.25) is 0 Å². The molecular formula is C12H14ClNOS. The van der Waals surface area contributed by atoms with Crippen LogP contribution < -0.4 is 5.32 Å². The maximum absolute atomic E-state index is 5.92. The first-order valence-electron chi connectivity index (χ1n) is 5.16. The summed E-state index contributed by atoms with van der Waals surface area (Å²) in [6, 6.07) is 6.20. The highest BCUT2D eigenvalue weighted by atomic mass is 35.5. The van der Waals surface area contributed by atoms with E-state index in [9.17, 15) is 0 Å². The van der Waals surface area contributed by atoms with Gasteiger partial charge in [-0.15, -0.1) is 11.3 Å². The van der Waals surface area contributed by atoms with E-state index in [1.165, 1.54) is 10.4 Å². The van der Waals surface area contributed by atoms with Crippen LogP contribution >= 0.6 is 22.9 Å². The van der Waals surface area contributed by atoms with Gasteiger partial charge in [0.05, 0.1) is 16.6 Å². The van der Waals surface area contributed by atoms with Crippen LogP contribution in [0, 0.1) is 6.92 Å². The standard InChI is InChI=1S/C12H14ClNOS/c1-8-5-6-15-12(8)10(14-2)7-9-3-4-11(13)16-9/h3-6,10,14H,7H2,1-2H3. The van der Waals surface area contributed by atoms with Gasteiger partial charge in [-0.1, -0.05) is 11.6 Å². The molecule has 0 fully saturated rings. The molecule has 2 aromatic heterocycles. The zero-order chi connectivity index (χ0) is 11.5. The highest BCUT2D eigenvalue weighted by Crippen LogP contribution is 2.27. The van der Waals surface area contributed by atoms with Crippen molar-refractivity contribution < 1.29 is 4.42 Å². The van der Waals surface area contributed by atoms with Crippen LogP contribution in [0.25, 0.3) is 0 Å². The number of hydrogen-bond acceptors (Lipinski definition) is 3. The van der Waals surface area contributed by atoms with Crippen LogP contribution in [0.4, 0.5) is 0 Å². The molecule has 0 aliphatic rings. The number of likely N-dealkylation sites (N-methyl/N-ethyl adjacent to an activating group) is 1. The molecule has 1 N–H and O–H groups in total. The van der Waals surface area contributed by atoms with Gasteiger partial charge in [-0.25, -0.2) is 0 Å². The van der Waals surface area contributed by atoms with Gasteiger partial charge >= 0.3 is 0 Å².